The number of amides is 4. The predicted molar refractivity (Wildman–Crippen MR) is 102 cm³/mol. The van der Waals surface area contributed by atoms with Gasteiger partial charge in [-0.15, -0.1) is 0 Å². The molecule has 0 bridgehead atoms. The zero-order chi connectivity index (χ0) is 19.4. The number of rotatable bonds is 5. The van der Waals surface area contributed by atoms with Crippen LogP contribution in [0.2, 0.25) is 0 Å². The van der Waals surface area contributed by atoms with Gasteiger partial charge in [0.25, 0.3) is 0 Å². The number of hydrogen-bond donors (Lipinski definition) is 2. The highest BCUT2D eigenvalue weighted by atomic mass is 19.1. The third-order valence-electron chi connectivity index (χ3n) is 5.42. The molecule has 1 aromatic carbocycles. The maximum absolute atomic E-state index is 14.2. The molecule has 148 valence electrons. The van der Waals surface area contributed by atoms with Gasteiger partial charge in [0.2, 0.25) is 0 Å². The van der Waals surface area contributed by atoms with Crippen LogP contribution < -0.4 is 10.6 Å². The van der Waals surface area contributed by atoms with Crippen molar-refractivity contribution in [3.63, 3.8) is 0 Å². The van der Waals surface area contributed by atoms with Crippen LogP contribution in [-0.2, 0) is 13.0 Å². The summed E-state index contributed by atoms with van der Waals surface area (Å²) in [5, 5.41) is 5.54. The van der Waals surface area contributed by atoms with E-state index in [4.69, 9.17) is 0 Å². The lowest BCUT2D eigenvalue weighted by molar-refractivity contribution is 0.116. The fourth-order valence-electron chi connectivity index (χ4n) is 3.72. The number of hydrogen-bond acceptors (Lipinski definition) is 2. The summed E-state index contributed by atoms with van der Waals surface area (Å²) in [6.07, 6.45) is 4.52. The van der Waals surface area contributed by atoms with E-state index < -0.39 is 0 Å². The zero-order valence-corrected chi connectivity index (χ0v) is 16.1. The van der Waals surface area contributed by atoms with Crippen molar-refractivity contribution >= 4 is 12.1 Å². The van der Waals surface area contributed by atoms with Gasteiger partial charge in [-0.1, -0.05) is 19.1 Å². The third-order valence-corrected chi connectivity index (χ3v) is 5.42. The molecule has 3 rings (SSSR count). The van der Waals surface area contributed by atoms with Crippen molar-refractivity contribution in [2.45, 2.75) is 57.7 Å². The number of carbonyl (C=O) groups excluding carboxylic acids is 2. The second-order valence-corrected chi connectivity index (χ2v) is 7.37. The highest BCUT2D eigenvalue weighted by Crippen LogP contribution is 2.31. The topological polar surface area (TPSA) is 64.7 Å². The van der Waals surface area contributed by atoms with Crippen molar-refractivity contribution in [3.05, 3.63) is 35.1 Å². The lowest BCUT2D eigenvalue weighted by atomic mass is 10.0. The summed E-state index contributed by atoms with van der Waals surface area (Å²) in [7, 11) is 1.62. The van der Waals surface area contributed by atoms with Crippen molar-refractivity contribution in [2.24, 2.45) is 0 Å². The monoisotopic (exact) mass is 376 g/mol. The minimum atomic E-state index is -0.281. The molecular weight excluding hydrogens is 347 g/mol. The molecule has 6 nitrogen and oxygen atoms in total. The lowest BCUT2D eigenvalue weighted by Crippen LogP contribution is -2.56. The Morgan fingerprint density at radius 1 is 1.26 bits per heavy atom. The highest BCUT2D eigenvalue weighted by molar-refractivity contribution is 5.76. The van der Waals surface area contributed by atoms with E-state index in [9.17, 15) is 14.0 Å². The van der Waals surface area contributed by atoms with E-state index >= 15 is 0 Å². The van der Waals surface area contributed by atoms with E-state index in [-0.39, 0.29) is 36.5 Å². The SMILES string of the molecule is CCc1ccc(CNC(=O)N(C2CC2)[C@@H]2CCCN(C(=O)NC)C2)c(F)c1. The molecule has 1 aliphatic heterocycles. The number of urea groups is 2. The molecule has 1 heterocycles. The van der Waals surface area contributed by atoms with Crippen LogP contribution in [-0.4, -0.2) is 54.1 Å². The Kier molecular flexibility index (Phi) is 6.19. The van der Waals surface area contributed by atoms with Gasteiger partial charge in [-0.3, -0.25) is 0 Å². The molecule has 0 aromatic heterocycles. The van der Waals surface area contributed by atoms with Gasteiger partial charge in [-0.05, 0) is 43.7 Å². The van der Waals surface area contributed by atoms with Crippen molar-refractivity contribution in [2.75, 3.05) is 20.1 Å². The second kappa shape index (κ2) is 8.59. The van der Waals surface area contributed by atoms with E-state index in [0.717, 1.165) is 37.7 Å². The first kappa shape index (κ1) is 19.5. The van der Waals surface area contributed by atoms with Crippen LogP contribution in [0.5, 0.6) is 0 Å². The molecule has 0 unspecified atom stereocenters. The standard InChI is InChI=1S/C20H29FN4O2/c1-3-14-6-7-15(18(21)11-14)12-23-20(27)25(16-8-9-16)17-5-4-10-24(13-17)19(26)22-2/h6-7,11,16-17H,3-5,8-10,12-13H2,1-2H3,(H,22,26)(H,23,27)/t17-/m1/s1. The summed E-state index contributed by atoms with van der Waals surface area (Å²) in [6.45, 7) is 3.41. The summed E-state index contributed by atoms with van der Waals surface area (Å²) in [5.74, 6) is -0.281. The number of piperidine rings is 1. The van der Waals surface area contributed by atoms with E-state index in [1.807, 2.05) is 17.9 Å². The van der Waals surface area contributed by atoms with Crippen LogP contribution in [0.1, 0.15) is 43.7 Å². The van der Waals surface area contributed by atoms with Gasteiger partial charge in [0.1, 0.15) is 5.82 Å². The van der Waals surface area contributed by atoms with Gasteiger partial charge < -0.3 is 20.4 Å². The third kappa shape index (κ3) is 4.70. The first-order valence-electron chi connectivity index (χ1n) is 9.83. The van der Waals surface area contributed by atoms with E-state index in [2.05, 4.69) is 10.6 Å². The first-order valence-corrected chi connectivity index (χ1v) is 9.83. The molecule has 1 aliphatic carbocycles. The summed E-state index contributed by atoms with van der Waals surface area (Å²) < 4.78 is 14.2. The van der Waals surface area contributed by atoms with Gasteiger partial charge in [0.15, 0.2) is 0 Å². The molecule has 0 spiro atoms. The Balaban J connectivity index is 1.63. The quantitative estimate of drug-likeness (QED) is 0.830. The second-order valence-electron chi connectivity index (χ2n) is 7.37. The smallest absolute Gasteiger partial charge is 0.318 e. The van der Waals surface area contributed by atoms with Crippen molar-refractivity contribution in [3.8, 4) is 0 Å². The Bertz CT molecular complexity index is 693. The molecular formula is C20H29FN4O2. The number of benzene rings is 1. The fraction of sp³-hybridized carbons (Fsp3) is 0.600. The maximum atomic E-state index is 14.2. The molecule has 1 saturated heterocycles. The molecule has 4 amide bonds. The fourth-order valence-corrected chi connectivity index (χ4v) is 3.72. The van der Waals surface area contributed by atoms with Gasteiger partial charge in [0.05, 0.1) is 6.04 Å². The minimum absolute atomic E-state index is 0.0101. The van der Waals surface area contributed by atoms with Crippen LogP contribution >= 0.6 is 0 Å². The predicted octanol–water partition coefficient (Wildman–Crippen LogP) is 2.87. The average molecular weight is 376 g/mol. The molecule has 2 aliphatic rings. The van der Waals surface area contributed by atoms with Crippen LogP contribution in [0.25, 0.3) is 0 Å². The Morgan fingerprint density at radius 2 is 2.04 bits per heavy atom. The van der Waals surface area contributed by atoms with Gasteiger partial charge in [0, 0.05) is 38.3 Å². The molecule has 1 saturated carbocycles. The number of nitrogens with one attached hydrogen (secondary N) is 2. The van der Waals surface area contributed by atoms with E-state index in [1.54, 1.807) is 18.0 Å². The van der Waals surface area contributed by atoms with Gasteiger partial charge in [-0.2, -0.15) is 0 Å². The summed E-state index contributed by atoms with van der Waals surface area (Å²) in [4.78, 5) is 28.4. The number of halogens is 1. The first-order chi connectivity index (χ1) is 13.0. The van der Waals surface area contributed by atoms with E-state index in [1.165, 1.54) is 6.07 Å². The van der Waals surface area contributed by atoms with Gasteiger partial charge >= 0.3 is 12.1 Å². The van der Waals surface area contributed by atoms with Gasteiger partial charge in [-0.25, -0.2) is 14.0 Å². The zero-order valence-electron chi connectivity index (χ0n) is 16.1. The molecule has 2 N–H and O–H groups in total. The molecule has 7 heteroatoms. The summed E-state index contributed by atoms with van der Waals surface area (Å²) in [6, 6.07) is 5.13. The van der Waals surface area contributed by atoms with Crippen molar-refractivity contribution in [1.29, 1.82) is 0 Å². The Labute approximate surface area is 160 Å². The number of carbonyl (C=O) groups is 2. The molecule has 2 fully saturated rings. The average Bonchev–Trinajstić information content (AvgIpc) is 3.51. The molecule has 1 aromatic rings. The highest BCUT2D eigenvalue weighted by Gasteiger charge is 2.39. The number of likely N-dealkylation sites (tertiary alicyclic amines) is 1. The van der Waals surface area contributed by atoms with Crippen LogP contribution in [0, 0.1) is 5.82 Å². The molecule has 27 heavy (non-hydrogen) atoms. The van der Waals surface area contributed by atoms with Crippen LogP contribution in [0.15, 0.2) is 18.2 Å². The number of aryl methyl sites for hydroxylation is 1. The normalized spacial score (nSPS) is 19.5. The number of nitrogens with zero attached hydrogens (tertiary/aromatic N) is 2. The molecule has 1 atom stereocenters. The van der Waals surface area contributed by atoms with Crippen LogP contribution in [0.4, 0.5) is 14.0 Å². The maximum Gasteiger partial charge on any atom is 0.318 e. The van der Waals surface area contributed by atoms with E-state index in [0.29, 0.717) is 18.7 Å². The Morgan fingerprint density at radius 3 is 2.67 bits per heavy atom. The minimum Gasteiger partial charge on any atom is -0.341 e. The van der Waals surface area contributed by atoms with Crippen LogP contribution in [0.3, 0.4) is 0 Å². The molecule has 0 radical (unpaired) electrons. The Hall–Kier alpha value is -2.31. The van der Waals surface area contributed by atoms with Crippen molar-refractivity contribution < 1.29 is 14.0 Å². The largest absolute Gasteiger partial charge is 0.341 e. The summed E-state index contributed by atoms with van der Waals surface area (Å²) >= 11 is 0. The van der Waals surface area contributed by atoms with Crippen molar-refractivity contribution in [1.82, 2.24) is 20.4 Å². The lowest BCUT2D eigenvalue weighted by Gasteiger charge is -2.39. The summed E-state index contributed by atoms with van der Waals surface area (Å²) in [5.41, 5.74) is 1.44.